The van der Waals surface area contributed by atoms with Crippen LogP contribution in [0.2, 0.25) is 0 Å². The Morgan fingerprint density at radius 1 is 1.61 bits per heavy atom. The van der Waals surface area contributed by atoms with Crippen LogP contribution in [-0.4, -0.2) is 62.1 Å². The minimum absolute atomic E-state index is 0.0658. The summed E-state index contributed by atoms with van der Waals surface area (Å²) in [4.78, 5) is 15.9. The molecule has 6 heteroatoms. The molecule has 0 radical (unpaired) electrons. The fourth-order valence-corrected chi connectivity index (χ4v) is 2.29. The number of carbonyl (C=O) groups is 1. The van der Waals surface area contributed by atoms with Crippen LogP contribution in [0.4, 0.5) is 0 Å². The first-order chi connectivity index (χ1) is 8.56. The lowest BCUT2D eigenvalue weighted by Gasteiger charge is -2.32. The SMILES string of the molecule is CN1CCOC(CN(C)C(=O)c2ccc(Br)o2)C1. The molecule has 2 rings (SSSR count). The molecule has 5 nitrogen and oxygen atoms in total. The predicted molar refractivity (Wildman–Crippen MR) is 70.6 cm³/mol. The van der Waals surface area contributed by atoms with E-state index in [2.05, 4.69) is 27.9 Å². The van der Waals surface area contributed by atoms with Gasteiger partial charge in [0.05, 0.1) is 12.7 Å². The van der Waals surface area contributed by atoms with Crippen molar-refractivity contribution in [1.82, 2.24) is 9.80 Å². The third kappa shape index (κ3) is 3.34. The van der Waals surface area contributed by atoms with Crippen molar-refractivity contribution >= 4 is 21.8 Å². The van der Waals surface area contributed by atoms with Gasteiger partial charge in [0.15, 0.2) is 10.4 Å². The number of ether oxygens (including phenoxy) is 1. The molecule has 100 valence electrons. The van der Waals surface area contributed by atoms with E-state index in [9.17, 15) is 4.79 Å². The third-order valence-electron chi connectivity index (χ3n) is 2.95. The number of hydrogen-bond donors (Lipinski definition) is 0. The lowest BCUT2D eigenvalue weighted by molar-refractivity contribution is -0.0304. The number of furan rings is 1. The highest BCUT2D eigenvalue weighted by Gasteiger charge is 2.23. The van der Waals surface area contributed by atoms with Crippen LogP contribution >= 0.6 is 15.9 Å². The highest BCUT2D eigenvalue weighted by Crippen LogP contribution is 2.16. The molecule has 0 bridgehead atoms. The van der Waals surface area contributed by atoms with Crippen molar-refractivity contribution in [3.8, 4) is 0 Å². The fraction of sp³-hybridized carbons (Fsp3) is 0.583. The Kier molecular flexibility index (Phi) is 4.42. The quantitative estimate of drug-likeness (QED) is 0.846. The minimum atomic E-state index is -0.127. The van der Waals surface area contributed by atoms with E-state index in [1.165, 1.54) is 0 Å². The van der Waals surface area contributed by atoms with E-state index in [4.69, 9.17) is 9.15 Å². The van der Waals surface area contributed by atoms with Crippen molar-refractivity contribution in [2.75, 3.05) is 40.3 Å². The van der Waals surface area contributed by atoms with Gasteiger partial charge >= 0.3 is 0 Å². The van der Waals surface area contributed by atoms with Gasteiger partial charge in [-0.2, -0.15) is 0 Å². The molecule has 18 heavy (non-hydrogen) atoms. The van der Waals surface area contributed by atoms with E-state index in [1.54, 1.807) is 24.1 Å². The molecule has 0 aliphatic carbocycles. The van der Waals surface area contributed by atoms with Crippen molar-refractivity contribution in [2.45, 2.75) is 6.10 Å². The summed E-state index contributed by atoms with van der Waals surface area (Å²) in [7, 11) is 3.82. The smallest absolute Gasteiger partial charge is 0.289 e. The third-order valence-corrected chi connectivity index (χ3v) is 3.38. The van der Waals surface area contributed by atoms with Crippen molar-refractivity contribution in [1.29, 1.82) is 0 Å². The second-order valence-electron chi connectivity index (χ2n) is 4.54. The van der Waals surface area contributed by atoms with Crippen LogP contribution in [0.25, 0.3) is 0 Å². The van der Waals surface area contributed by atoms with Gasteiger partial charge in [0, 0.05) is 26.7 Å². The first kappa shape index (κ1) is 13.6. The van der Waals surface area contributed by atoms with Crippen molar-refractivity contribution in [2.24, 2.45) is 0 Å². The number of halogens is 1. The zero-order chi connectivity index (χ0) is 13.1. The molecular weight excluding hydrogens is 300 g/mol. The molecule has 0 spiro atoms. The normalized spacial score (nSPS) is 20.9. The van der Waals surface area contributed by atoms with E-state index in [-0.39, 0.29) is 12.0 Å². The zero-order valence-electron chi connectivity index (χ0n) is 10.6. The maximum atomic E-state index is 12.1. The Balaban J connectivity index is 1.91. The molecule has 1 aromatic rings. The molecule has 1 saturated heterocycles. The molecule has 0 aromatic carbocycles. The highest BCUT2D eigenvalue weighted by molar-refractivity contribution is 9.10. The molecule has 1 aliphatic rings. The van der Waals surface area contributed by atoms with Gasteiger partial charge in [0.2, 0.25) is 0 Å². The van der Waals surface area contributed by atoms with Crippen molar-refractivity contribution < 1.29 is 13.9 Å². The van der Waals surface area contributed by atoms with Crippen molar-refractivity contribution in [3.63, 3.8) is 0 Å². The standard InChI is InChI=1S/C12H17BrN2O3/c1-14-5-6-17-9(7-14)8-15(2)12(16)10-3-4-11(13)18-10/h3-4,9H,5-8H2,1-2H3. The molecule has 2 heterocycles. The molecule has 1 atom stereocenters. The van der Waals surface area contributed by atoms with E-state index >= 15 is 0 Å². The van der Waals surface area contributed by atoms with Crippen LogP contribution in [0.15, 0.2) is 21.2 Å². The number of nitrogens with zero attached hydrogens (tertiary/aromatic N) is 2. The average molecular weight is 317 g/mol. The molecule has 1 aromatic heterocycles. The number of carbonyl (C=O) groups excluding carboxylic acids is 1. The first-order valence-corrected chi connectivity index (χ1v) is 6.66. The highest BCUT2D eigenvalue weighted by atomic mass is 79.9. The maximum absolute atomic E-state index is 12.1. The van der Waals surface area contributed by atoms with Gasteiger partial charge in [0.25, 0.3) is 5.91 Å². The summed E-state index contributed by atoms with van der Waals surface area (Å²) in [5.41, 5.74) is 0. The molecule has 1 amide bonds. The number of amides is 1. The summed E-state index contributed by atoms with van der Waals surface area (Å²) in [6, 6.07) is 3.38. The lowest BCUT2D eigenvalue weighted by Crippen LogP contribution is -2.46. The van der Waals surface area contributed by atoms with E-state index in [1.807, 2.05) is 0 Å². The van der Waals surface area contributed by atoms with E-state index in [0.29, 0.717) is 17.0 Å². The van der Waals surface area contributed by atoms with Gasteiger partial charge in [-0.15, -0.1) is 0 Å². The maximum Gasteiger partial charge on any atom is 0.289 e. The minimum Gasteiger partial charge on any atom is -0.444 e. The van der Waals surface area contributed by atoms with Gasteiger partial charge in [-0.1, -0.05) is 0 Å². The largest absolute Gasteiger partial charge is 0.444 e. The molecule has 1 fully saturated rings. The molecule has 1 unspecified atom stereocenters. The first-order valence-electron chi connectivity index (χ1n) is 5.87. The zero-order valence-corrected chi connectivity index (χ0v) is 12.1. The fourth-order valence-electron chi connectivity index (χ4n) is 1.98. The van der Waals surface area contributed by atoms with Crippen LogP contribution in [0, 0.1) is 0 Å². The van der Waals surface area contributed by atoms with Gasteiger partial charge in [-0.25, -0.2) is 0 Å². The number of hydrogen-bond acceptors (Lipinski definition) is 4. The second kappa shape index (κ2) is 5.86. The number of likely N-dealkylation sites (N-methyl/N-ethyl adjacent to an activating group) is 2. The number of rotatable bonds is 3. The summed E-state index contributed by atoms with van der Waals surface area (Å²) >= 11 is 3.19. The molecule has 0 N–H and O–H groups in total. The summed E-state index contributed by atoms with van der Waals surface area (Å²) < 4.78 is 11.4. The summed E-state index contributed by atoms with van der Waals surface area (Å²) in [6.45, 7) is 3.08. The molecule has 0 saturated carbocycles. The second-order valence-corrected chi connectivity index (χ2v) is 5.33. The van der Waals surface area contributed by atoms with Crippen LogP contribution in [0.5, 0.6) is 0 Å². The van der Waals surface area contributed by atoms with Crippen molar-refractivity contribution in [3.05, 3.63) is 22.6 Å². The Labute approximate surface area is 115 Å². The summed E-state index contributed by atoms with van der Waals surface area (Å²) in [5.74, 6) is 0.214. The topological polar surface area (TPSA) is 45.9 Å². The summed E-state index contributed by atoms with van der Waals surface area (Å²) in [5, 5.41) is 0. The van der Waals surface area contributed by atoms with Gasteiger partial charge in [-0.05, 0) is 35.1 Å². The number of morpholine rings is 1. The average Bonchev–Trinajstić information content (AvgIpc) is 2.75. The van der Waals surface area contributed by atoms with Crippen LogP contribution in [0.3, 0.4) is 0 Å². The monoisotopic (exact) mass is 316 g/mol. The molecular formula is C12H17BrN2O3. The van der Waals surface area contributed by atoms with E-state index in [0.717, 1.165) is 19.7 Å². The summed E-state index contributed by atoms with van der Waals surface area (Å²) in [6.07, 6.45) is 0.0658. The molecule has 1 aliphatic heterocycles. The van der Waals surface area contributed by atoms with Crippen LogP contribution in [-0.2, 0) is 4.74 Å². The van der Waals surface area contributed by atoms with Gasteiger partial charge in [-0.3, -0.25) is 4.79 Å². The van der Waals surface area contributed by atoms with Crippen LogP contribution in [0.1, 0.15) is 10.6 Å². The van der Waals surface area contributed by atoms with Gasteiger partial charge < -0.3 is 19.0 Å². The Morgan fingerprint density at radius 2 is 2.39 bits per heavy atom. The Hall–Kier alpha value is -0.850. The van der Waals surface area contributed by atoms with E-state index < -0.39 is 0 Å². The Bertz CT molecular complexity index is 421. The van der Waals surface area contributed by atoms with Gasteiger partial charge in [0.1, 0.15) is 0 Å². The Morgan fingerprint density at radius 3 is 3.00 bits per heavy atom. The van der Waals surface area contributed by atoms with Crippen LogP contribution < -0.4 is 0 Å². The lowest BCUT2D eigenvalue weighted by atomic mass is 10.2. The predicted octanol–water partition coefficient (Wildman–Crippen LogP) is 1.44.